The first-order valence-electron chi connectivity index (χ1n) is 9.16. The number of nitrogens with one attached hydrogen (secondary N) is 1. The largest absolute Gasteiger partial charge is 0.369 e. The van der Waals surface area contributed by atoms with Crippen LogP contribution in [0.5, 0.6) is 0 Å². The molecule has 1 aliphatic heterocycles. The number of H-pyrrole nitrogens is 1. The SMILES string of the molecule is Cc1[nH]c2ccccc2c1C(c1ccccn1)N1CCC(C(N)=O)CC1. The molecular formula is C21H24N4O. The zero-order valence-electron chi connectivity index (χ0n) is 15.0. The predicted molar refractivity (Wildman–Crippen MR) is 103 cm³/mol. The van der Waals surface area contributed by atoms with Crippen LogP contribution in [0.1, 0.15) is 35.8 Å². The van der Waals surface area contributed by atoms with Gasteiger partial charge in [0, 0.05) is 34.3 Å². The van der Waals surface area contributed by atoms with Crippen LogP contribution in [0.25, 0.3) is 10.9 Å². The van der Waals surface area contributed by atoms with Gasteiger partial charge in [-0.2, -0.15) is 0 Å². The minimum Gasteiger partial charge on any atom is -0.369 e. The van der Waals surface area contributed by atoms with Crippen molar-refractivity contribution in [2.24, 2.45) is 11.7 Å². The molecule has 1 unspecified atom stereocenters. The van der Waals surface area contributed by atoms with Crippen molar-refractivity contribution in [3.63, 3.8) is 0 Å². The summed E-state index contributed by atoms with van der Waals surface area (Å²) in [6.45, 7) is 3.81. The number of benzene rings is 1. The number of pyridine rings is 1. The Labute approximate surface area is 153 Å². The van der Waals surface area contributed by atoms with Crippen LogP contribution in [0.15, 0.2) is 48.7 Å². The van der Waals surface area contributed by atoms with Crippen LogP contribution in [0, 0.1) is 12.8 Å². The van der Waals surface area contributed by atoms with E-state index >= 15 is 0 Å². The Bertz CT molecular complexity index is 910. The average Bonchev–Trinajstić information content (AvgIpc) is 2.99. The number of para-hydroxylation sites is 1. The Morgan fingerprint density at radius 3 is 2.62 bits per heavy atom. The van der Waals surface area contributed by atoms with Gasteiger partial charge in [0.1, 0.15) is 0 Å². The highest BCUT2D eigenvalue weighted by Gasteiger charge is 2.32. The number of piperidine rings is 1. The molecule has 1 atom stereocenters. The highest BCUT2D eigenvalue weighted by atomic mass is 16.1. The number of aromatic amines is 1. The summed E-state index contributed by atoms with van der Waals surface area (Å²) in [5, 5.41) is 1.23. The van der Waals surface area contributed by atoms with Crippen molar-refractivity contribution in [3.8, 4) is 0 Å². The Balaban J connectivity index is 1.77. The number of amides is 1. The highest BCUT2D eigenvalue weighted by molar-refractivity contribution is 5.85. The van der Waals surface area contributed by atoms with E-state index in [1.807, 2.05) is 18.3 Å². The van der Waals surface area contributed by atoms with Gasteiger partial charge < -0.3 is 10.7 Å². The first-order chi connectivity index (χ1) is 12.6. The lowest BCUT2D eigenvalue weighted by Gasteiger charge is -2.37. The summed E-state index contributed by atoms with van der Waals surface area (Å²) >= 11 is 0. The molecule has 3 N–H and O–H groups in total. The minimum atomic E-state index is -0.178. The van der Waals surface area contributed by atoms with Gasteiger partial charge >= 0.3 is 0 Å². The van der Waals surface area contributed by atoms with E-state index in [0.717, 1.165) is 37.1 Å². The molecule has 3 aromatic rings. The fourth-order valence-corrected chi connectivity index (χ4v) is 4.15. The standard InChI is InChI=1S/C21H24N4O/c1-14-19(16-6-2-3-7-17(16)24-14)20(18-8-4-5-11-23-18)25-12-9-15(10-13-25)21(22)26/h2-8,11,15,20,24H,9-10,12-13H2,1H3,(H2,22,26). The van der Waals surface area contributed by atoms with Gasteiger partial charge in [-0.05, 0) is 51.1 Å². The first-order valence-corrected chi connectivity index (χ1v) is 9.16. The molecule has 26 heavy (non-hydrogen) atoms. The van der Waals surface area contributed by atoms with E-state index in [1.54, 1.807) is 0 Å². The topological polar surface area (TPSA) is 75.0 Å². The van der Waals surface area contributed by atoms with Crippen molar-refractivity contribution in [2.45, 2.75) is 25.8 Å². The fourth-order valence-electron chi connectivity index (χ4n) is 4.15. The van der Waals surface area contributed by atoms with Crippen LogP contribution in [-0.4, -0.2) is 33.9 Å². The number of hydrogen-bond donors (Lipinski definition) is 2. The maximum atomic E-state index is 11.5. The number of carbonyl (C=O) groups is 1. The van der Waals surface area contributed by atoms with Gasteiger partial charge in [0.15, 0.2) is 0 Å². The van der Waals surface area contributed by atoms with E-state index in [9.17, 15) is 4.79 Å². The third kappa shape index (κ3) is 2.99. The van der Waals surface area contributed by atoms with Crippen LogP contribution in [0.3, 0.4) is 0 Å². The number of aromatic nitrogens is 2. The zero-order chi connectivity index (χ0) is 18.1. The summed E-state index contributed by atoms with van der Waals surface area (Å²) < 4.78 is 0. The molecule has 5 heteroatoms. The van der Waals surface area contributed by atoms with Crippen molar-refractivity contribution in [2.75, 3.05) is 13.1 Å². The number of fused-ring (bicyclic) bond motifs is 1. The van der Waals surface area contributed by atoms with Crippen LogP contribution < -0.4 is 5.73 Å². The first kappa shape index (κ1) is 16.8. The summed E-state index contributed by atoms with van der Waals surface area (Å²) in [7, 11) is 0. The molecule has 3 heterocycles. The van der Waals surface area contributed by atoms with Crippen molar-refractivity contribution >= 4 is 16.8 Å². The lowest BCUT2D eigenvalue weighted by Crippen LogP contribution is -2.41. The number of nitrogens with two attached hydrogens (primary N) is 1. The second-order valence-corrected chi connectivity index (χ2v) is 7.08. The van der Waals surface area contributed by atoms with Crippen LogP contribution in [0.2, 0.25) is 0 Å². The molecule has 0 aliphatic carbocycles. The van der Waals surface area contributed by atoms with E-state index in [0.29, 0.717) is 0 Å². The Hall–Kier alpha value is -2.66. The van der Waals surface area contributed by atoms with Crippen LogP contribution in [0.4, 0.5) is 0 Å². The van der Waals surface area contributed by atoms with Gasteiger partial charge in [0.05, 0.1) is 11.7 Å². The maximum Gasteiger partial charge on any atom is 0.220 e. The van der Waals surface area contributed by atoms with Gasteiger partial charge in [-0.1, -0.05) is 24.3 Å². The lowest BCUT2D eigenvalue weighted by molar-refractivity contribution is -0.123. The second-order valence-electron chi connectivity index (χ2n) is 7.08. The molecule has 1 fully saturated rings. The summed E-state index contributed by atoms with van der Waals surface area (Å²) in [5.41, 5.74) is 10.1. The number of aryl methyl sites for hydroxylation is 1. The van der Waals surface area contributed by atoms with Crippen molar-refractivity contribution in [1.29, 1.82) is 0 Å². The minimum absolute atomic E-state index is 0.0142. The quantitative estimate of drug-likeness (QED) is 0.760. The molecule has 1 aromatic carbocycles. The van der Waals surface area contributed by atoms with Crippen molar-refractivity contribution in [1.82, 2.24) is 14.9 Å². The number of hydrogen-bond acceptors (Lipinski definition) is 3. The summed E-state index contributed by atoms with van der Waals surface area (Å²) in [4.78, 5) is 22.2. The number of nitrogens with zero attached hydrogens (tertiary/aromatic N) is 2. The summed E-state index contributed by atoms with van der Waals surface area (Å²) in [6.07, 6.45) is 3.46. The number of carbonyl (C=O) groups excluding carboxylic acids is 1. The predicted octanol–water partition coefficient (Wildman–Crippen LogP) is 3.16. The number of primary amides is 1. The number of likely N-dealkylation sites (tertiary alicyclic amines) is 1. The van der Waals surface area contributed by atoms with E-state index in [4.69, 9.17) is 5.73 Å². The Kier molecular flexibility index (Phi) is 4.47. The molecule has 0 radical (unpaired) electrons. The molecule has 0 spiro atoms. The van der Waals surface area contributed by atoms with Gasteiger partial charge in [0.2, 0.25) is 5.91 Å². The number of rotatable bonds is 4. The highest BCUT2D eigenvalue weighted by Crippen LogP contribution is 2.37. The second kappa shape index (κ2) is 6.92. The summed E-state index contributed by atoms with van der Waals surface area (Å²) in [5.74, 6) is -0.193. The van der Waals surface area contributed by atoms with E-state index in [2.05, 4.69) is 52.1 Å². The average molecular weight is 348 g/mol. The third-order valence-electron chi connectivity index (χ3n) is 5.48. The van der Waals surface area contributed by atoms with Crippen molar-refractivity contribution < 1.29 is 4.79 Å². The molecule has 1 saturated heterocycles. The normalized spacial score (nSPS) is 17.4. The van der Waals surface area contributed by atoms with Gasteiger partial charge in [-0.3, -0.25) is 14.7 Å². The van der Waals surface area contributed by atoms with E-state index in [-0.39, 0.29) is 17.9 Å². The molecule has 2 aromatic heterocycles. The van der Waals surface area contributed by atoms with Crippen LogP contribution >= 0.6 is 0 Å². The summed E-state index contributed by atoms with van der Waals surface area (Å²) in [6, 6.07) is 14.6. The fraction of sp³-hybridized carbons (Fsp3) is 0.333. The molecule has 4 rings (SSSR count). The third-order valence-corrected chi connectivity index (χ3v) is 5.48. The smallest absolute Gasteiger partial charge is 0.220 e. The molecule has 0 saturated carbocycles. The van der Waals surface area contributed by atoms with E-state index in [1.165, 1.54) is 16.6 Å². The molecule has 1 aliphatic rings. The zero-order valence-corrected chi connectivity index (χ0v) is 15.0. The van der Waals surface area contributed by atoms with Gasteiger partial charge in [0.25, 0.3) is 0 Å². The van der Waals surface area contributed by atoms with Gasteiger partial charge in [-0.25, -0.2) is 0 Å². The molecule has 134 valence electrons. The van der Waals surface area contributed by atoms with Gasteiger partial charge in [-0.15, -0.1) is 0 Å². The van der Waals surface area contributed by atoms with Crippen molar-refractivity contribution in [3.05, 3.63) is 65.6 Å². The molecule has 0 bridgehead atoms. The van der Waals surface area contributed by atoms with E-state index < -0.39 is 0 Å². The molecule has 1 amide bonds. The monoisotopic (exact) mass is 348 g/mol. The van der Waals surface area contributed by atoms with Crippen LogP contribution in [-0.2, 0) is 4.79 Å². The molecule has 5 nitrogen and oxygen atoms in total. The molecular weight excluding hydrogens is 324 g/mol. The Morgan fingerprint density at radius 1 is 1.19 bits per heavy atom. The Morgan fingerprint density at radius 2 is 1.92 bits per heavy atom. The lowest BCUT2D eigenvalue weighted by atomic mass is 9.91. The maximum absolute atomic E-state index is 11.5.